The highest BCUT2D eigenvalue weighted by molar-refractivity contribution is 5.79. The Kier molecular flexibility index (Phi) is 5.24. The molecule has 1 aromatic heterocycles. The number of halogens is 2. The Labute approximate surface area is 166 Å². The molecular weight excluding hydrogens is 380 g/mol. The Hall–Kier alpha value is -3.29. The van der Waals surface area contributed by atoms with Gasteiger partial charge in [-0.05, 0) is 25.1 Å². The average Bonchev–Trinajstić information content (AvgIpc) is 3.32. The molecule has 1 fully saturated rings. The number of rotatable bonds is 6. The molecule has 0 aliphatic carbocycles. The van der Waals surface area contributed by atoms with Crippen molar-refractivity contribution in [1.82, 2.24) is 15.0 Å². The van der Waals surface area contributed by atoms with Gasteiger partial charge in [0.15, 0.2) is 0 Å². The number of para-hydroxylation sites is 1. The minimum atomic E-state index is -0.672. The van der Waals surface area contributed by atoms with Gasteiger partial charge in [-0.3, -0.25) is 4.79 Å². The quantitative estimate of drug-likeness (QED) is 0.628. The number of aromatic nitrogens is 2. The SMILES string of the molecule is CCOc1ccccc1-c1noc(C2CC(=O)N(Cc3ccc(F)cc3F)C2)n1. The molecule has 6 nitrogen and oxygen atoms in total. The largest absolute Gasteiger partial charge is 0.493 e. The summed E-state index contributed by atoms with van der Waals surface area (Å²) in [5, 5.41) is 4.03. The summed E-state index contributed by atoms with van der Waals surface area (Å²) in [5.74, 6) is -0.365. The second kappa shape index (κ2) is 7.98. The number of nitrogens with zero attached hydrogens (tertiary/aromatic N) is 3. The Morgan fingerprint density at radius 1 is 1.24 bits per heavy atom. The summed E-state index contributed by atoms with van der Waals surface area (Å²) >= 11 is 0. The van der Waals surface area contributed by atoms with Crippen molar-refractivity contribution < 1.29 is 22.8 Å². The van der Waals surface area contributed by atoms with Crippen molar-refractivity contribution in [3.63, 3.8) is 0 Å². The average molecular weight is 399 g/mol. The number of carbonyl (C=O) groups is 1. The van der Waals surface area contributed by atoms with E-state index in [1.54, 1.807) is 0 Å². The highest BCUT2D eigenvalue weighted by Gasteiger charge is 2.34. The second-order valence-electron chi connectivity index (χ2n) is 6.80. The summed E-state index contributed by atoms with van der Waals surface area (Å²) < 4.78 is 38.0. The molecule has 3 aromatic rings. The molecule has 29 heavy (non-hydrogen) atoms. The fraction of sp³-hybridized carbons (Fsp3) is 0.286. The maximum absolute atomic E-state index is 13.9. The van der Waals surface area contributed by atoms with Gasteiger partial charge in [0.25, 0.3) is 0 Å². The van der Waals surface area contributed by atoms with Crippen molar-refractivity contribution >= 4 is 5.91 Å². The van der Waals surface area contributed by atoms with Crippen LogP contribution in [0.4, 0.5) is 8.78 Å². The van der Waals surface area contributed by atoms with Gasteiger partial charge in [-0.2, -0.15) is 4.98 Å². The zero-order valence-electron chi connectivity index (χ0n) is 15.8. The van der Waals surface area contributed by atoms with Crippen LogP contribution < -0.4 is 4.74 Å². The summed E-state index contributed by atoms with van der Waals surface area (Å²) in [5.41, 5.74) is 0.969. The van der Waals surface area contributed by atoms with E-state index in [1.165, 1.54) is 17.0 Å². The molecule has 2 heterocycles. The summed E-state index contributed by atoms with van der Waals surface area (Å²) in [6.45, 7) is 2.79. The lowest BCUT2D eigenvalue weighted by Crippen LogP contribution is -2.25. The maximum Gasteiger partial charge on any atom is 0.232 e. The molecule has 0 spiro atoms. The van der Waals surface area contributed by atoms with Crippen molar-refractivity contribution in [2.75, 3.05) is 13.2 Å². The molecule has 1 unspecified atom stereocenters. The molecule has 1 saturated heterocycles. The summed E-state index contributed by atoms with van der Waals surface area (Å²) in [4.78, 5) is 18.3. The third-order valence-corrected chi connectivity index (χ3v) is 4.81. The minimum Gasteiger partial charge on any atom is -0.493 e. The molecule has 150 valence electrons. The number of benzene rings is 2. The van der Waals surface area contributed by atoms with Crippen LogP contribution in [0.3, 0.4) is 0 Å². The highest BCUT2D eigenvalue weighted by atomic mass is 19.1. The van der Waals surface area contributed by atoms with Crippen LogP contribution in [0.1, 0.15) is 30.7 Å². The topological polar surface area (TPSA) is 68.5 Å². The Bertz CT molecular complexity index is 1040. The molecule has 1 atom stereocenters. The van der Waals surface area contributed by atoms with Crippen LogP contribution in [0, 0.1) is 11.6 Å². The molecule has 0 bridgehead atoms. The van der Waals surface area contributed by atoms with Gasteiger partial charge in [0.05, 0.1) is 18.1 Å². The van der Waals surface area contributed by atoms with E-state index in [0.29, 0.717) is 36.2 Å². The van der Waals surface area contributed by atoms with E-state index in [2.05, 4.69) is 10.1 Å². The molecule has 0 saturated carbocycles. The van der Waals surface area contributed by atoms with E-state index in [0.717, 1.165) is 6.07 Å². The predicted octanol–water partition coefficient (Wildman–Crippen LogP) is 3.93. The fourth-order valence-corrected chi connectivity index (χ4v) is 3.39. The maximum atomic E-state index is 13.9. The van der Waals surface area contributed by atoms with Gasteiger partial charge < -0.3 is 14.2 Å². The monoisotopic (exact) mass is 399 g/mol. The number of likely N-dealkylation sites (tertiary alicyclic amines) is 1. The minimum absolute atomic E-state index is 0.0651. The molecular formula is C21H19F2N3O3. The van der Waals surface area contributed by atoms with E-state index < -0.39 is 11.6 Å². The third kappa shape index (κ3) is 3.96. The number of carbonyl (C=O) groups excluding carboxylic acids is 1. The second-order valence-corrected chi connectivity index (χ2v) is 6.80. The van der Waals surface area contributed by atoms with E-state index in [1.807, 2.05) is 31.2 Å². The molecule has 0 radical (unpaired) electrons. The molecule has 0 N–H and O–H groups in total. The van der Waals surface area contributed by atoms with Crippen LogP contribution in [-0.2, 0) is 11.3 Å². The van der Waals surface area contributed by atoms with Crippen LogP contribution in [0.25, 0.3) is 11.4 Å². The van der Waals surface area contributed by atoms with Crippen LogP contribution in [0.2, 0.25) is 0 Å². The number of hydrogen-bond donors (Lipinski definition) is 0. The first kappa shape index (κ1) is 19.0. The first-order chi connectivity index (χ1) is 14.0. The number of amides is 1. The molecule has 2 aromatic carbocycles. The van der Waals surface area contributed by atoms with Crippen molar-refractivity contribution in [2.45, 2.75) is 25.8 Å². The van der Waals surface area contributed by atoms with Gasteiger partial charge in [-0.25, -0.2) is 8.78 Å². The van der Waals surface area contributed by atoms with E-state index in [-0.39, 0.29) is 30.4 Å². The van der Waals surface area contributed by atoms with E-state index in [9.17, 15) is 13.6 Å². The molecule has 1 amide bonds. The van der Waals surface area contributed by atoms with Crippen molar-refractivity contribution in [1.29, 1.82) is 0 Å². The highest BCUT2D eigenvalue weighted by Crippen LogP contribution is 2.32. The molecule has 4 rings (SSSR count). The normalized spacial score (nSPS) is 16.4. The van der Waals surface area contributed by atoms with E-state index in [4.69, 9.17) is 9.26 Å². The zero-order chi connectivity index (χ0) is 20.4. The lowest BCUT2D eigenvalue weighted by molar-refractivity contribution is -0.128. The lowest BCUT2D eigenvalue weighted by Gasteiger charge is -2.16. The predicted molar refractivity (Wildman–Crippen MR) is 100 cm³/mol. The van der Waals surface area contributed by atoms with Gasteiger partial charge in [-0.15, -0.1) is 0 Å². The Morgan fingerprint density at radius 3 is 2.86 bits per heavy atom. The van der Waals surface area contributed by atoms with Crippen LogP contribution in [0.15, 0.2) is 47.0 Å². The number of ether oxygens (including phenoxy) is 1. The number of hydrogen-bond acceptors (Lipinski definition) is 5. The fourth-order valence-electron chi connectivity index (χ4n) is 3.39. The van der Waals surface area contributed by atoms with Gasteiger partial charge >= 0.3 is 0 Å². The van der Waals surface area contributed by atoms with Gasteiger partial charge in [-0.1, -0.05) is 23.4 Å². The molecule has 8 heteroatoms. The van der Waals surface area contributed by atoms with E-state index >= 15 is 0 Å². The third-order valence-electron chi connectivity index (χ3n) is 4.81. The first-order valence-corrected chi connectivity index (χ1v) is 9.32. The molecule has 1 aliphatic heterocycles. The van der Waals surface area contributed by atoms with Gasteiger partial charge in [0.1, 0.15) is 17.4 Å². The summed E-state index contributed by atoms with van der Waals surface area (Å²) in [7, 11) is 0. The van der Waals surface area contributed by atoms with Gasteiger partial charge in [0, 0.05) is 31.1 Å². The Balaban J connectivity index is 1.50. The van der Waals surface area contributed by atoms with Crippen molar-refractivity contribution in [3.8, 4) is 17.1 Å². The Morgan fingerprint density at radius 2 is 2.07 bits per heavy atom. The zero-order valence-corrected chi connectivity index (χ0v) is 15.8. The summed E-state index contributed by atoms with van der Waals surface area (Å²) in [6.07, 6.45) is 0.192. The first-order valence-electron chi connectivity index (χ1n) is 9.32. The standard InChI is InChI=1S/C21H19F2N3O3/c1-2-28-18-6-4-3-5-16(18)20-24-21(29-25-20)14-9-19(27)26(12-14)11-13-7-8-15(22)10-17(13)23/h3-8,10,14H,2,9,11-12H2,1H3. The summed E-state index contributed by atoms with van der Waals surface area (Å²) in [6, 6.07) is 10.7. The lowest BCUT2D eigenvalue weighted by atomic mass is 10.1. The van der Waals surface area contributed by atoms with Crippen LogP contribution in [0.5, 0.6) is 5.75 Å². The molecule has 1 aliphatic rings. The van der Waals surface area contributed by atoms with Crippen LogP contribution >= 0.6 is 0 Å². The van der Waals surface area contributed by atoms with Crippen molar-refractivity contribution in [2.24, 2.45) is 0 Å². The van der Waals surface area contributed by atoms with Crippen LogP contribution in [-0.4, -0.2) is 34.1 Å². The smallest absolute Gasteiger partial charge is 0.232 e. The van der Waals surface area contributed by atoms with Gasteiger partial charge in [0.2, 0.25) is 17.6 Å². The van der Waals surface area contributed by atoms with Crippen molar-refractivity contribution in [3.05, 3.63) is 65.6 Å².